The van der Waals surface area contributed by atoms with E-state index in [0.717, 1.165) is 52.2 Å². The Balaban J connectivity index is 0.00000243. The Morgan fingerprint density at radius 1 is 1.50 bits per heavy atom. The highest BCUT2D eigenvalue weighted by molar-refractivity contribution is 5.92. The fourth-order valence-corrected chi connectivity index (χ4v) is 3.60. The molecule has 2 aliphatic rings. The zero-order valence-electron chi connectivity index (χ0n) is 15.8. The van der Waals surface area contributed by atoms with Crippen LogP contribution in [0.2, 0.25) is 0 Å². The Morgan fingerprint density at radius 3 is 3.08 bits per heavy atom. The van der Waals surface area contributed by atoms with E-state index < -0.39 is 0 Å². The number of halogens is 1. The van der Waals surface area contributed by atoms with Gasteiger partial charge < -0.3 is 15.4 Å². The molecular weight excluding hydrogens is 354 g/mol. The summed E-state index contributed by atoms with van der Waals surface area (Å²) < 4.78 is 7.71. The number of aromatic nitrogens is 2. The number of rotatable bonds is 6. The van der Waals surface area contributed by atoms with Crippen molar-refractivity contribution in [2.45, 2.75) is 38.8 Å². The van der Waals surface area contributed by atoms with Gasteiger partial charge >= 0.3 is 0 Å². The summed E-state index contributed by atoms with van der Waals surface area (Å²) in [7, 11) is 0. The molecular formula is C18H32ClN5O2. The minimum atomic E-state index is -0.118. The second-order valence-corrected chi connectivity index (χ2v) is 7.54. The minimum absolute atomic E-state index is 0. The third kappa shape index (κ3) is 5.94. The SMILES string of the molecule is CC(C)CN1CCOC(CNC(=O)c2ccn(C3CCCNC3)n2)C1.Cl. The van der Waals surface area contributed by atoms with Gasteiger partial charge in [-0.1, -0.05) is 13.8 Å². The molecule has 2 atom stereocenters. The first kappa shape index (κ1) is 21.2. The van der Waals surface area contributed by atoms with E-state index in [1.165, 1.54) is 0 Å². The summed E-state index contributed by atoms with van der Waals surface area (Å²) in [6, 6.07) is 2.15. The summed E-state index contributed by atoms with van der Waals surface area (Å²) >= 11 is 0. The molecule has 0 saturated carbocycles. The molecule has 26 heavy (non-hydrogen) atoms. The van der Waals surface area contributed by atoms with Gasteiger partial charge in [0.15, 0.2) is 0 Å². The van der Waals surface area contributed by atoms with Crippen LogP contribution in [0.3, 0.4) is 0 Å². The molecule has 1 aromatic heterocycles. The molecule has 0 aromatic carbocycles. The van der Waals surface area contributed by atoms with Gasteiger partial charge in [0.25, 0.3) is 5.91 Å². The van der Waals surface area contributed by atoms with E-state index in [1.807, 2.05) is 10.9 Å². The van der Waals surface area contributed by atoms with E-state index in [0.29, 0.717) is 24.2 Å². The van der Waals surface area contributed by atoms with Gasteiger partial charge in [-0.15, -0.1) is 12.4 Å². The molecule has 2 aliphatic heterocycles. The quantitative estimate of drug-likeness (QED) is 0.772. The zero-order chi connectivity index (χ0) is 17.6. The molecule has 148 valence electrons. The Hall–Kier alpha value is -1.15. The predicted molar refractivity (Wildman–Crippen MR) is 104 cm³/mol. The van der Waals surface area contributed by atoms with Gasteiger partial charge in [-0.25, -0.2) is 0 Å². The van der Waals surface area contributed by atoms with Crippen LogP contribution in [0.4, 0.5) is 0 Å². The molecule has 0 bridgehead atoms. The number of nitrogens with one attached hydrogen (secondary N) is 2. The lowest BCUT2D eigenvalue weighted by Crippen LogP contribution is -2.48. The first-order valence-electron chi connectivity index (χ1n) is 9.50. The Labute approximate surface area is 162 Å². The van der Waals surface area contributed by atoms with Crippen LogP contribution >= 0.6 is 12.4 Å². The van der Waals surface area contributed by atoms with Crippen molar-refractivity contribution >= 4 is 18.3 Å². The third-order valence-corrected chi connectivity index (χ3v) is 4.82. The number of hydrogen-bond donors (Lipinski definition) is 2. The summed E-state index contributed by atoms with van der Waals surface area (Å²) in [6.45, 7) is 10.6. The summed E-state index contributed by atoms with van der Waals surface area (Å²) in [5.41, 5.74) is 0.486. The normalized spacial score (nSPS) is 24.3. The molecule has 0 spiro atoms. The van der Waals surface area contributed by atoms with Crippen molar-refractivity contribution in [1.29, 1.82) is 0 Å². The highest BCUT2D eigenvalue weighted by Crippen LogP contribution is 2.15. The van der Waals surface area contributed by atoms with Crippen LogP contribution in [0.25, 0.3) is 0 Å². The maximum Gasteiger partial charge on any atom is 0.271 e. The Bertz CT molecular complexity index is 560. The van der Waals surface area contributed by atoms with Crippen molar-refractivity contribution in [1.82, 2.24) is 25.3 Å². The van der Waals surface area contributed by atoms with Gasteiger partial charge in [0, 0.05) is 38.9 Å². The highest BCUT2D eigenvalue weighted by atomic mass is 35.5. The molecule has 2 unspecified atom stereocenters. The maximum atomic E-state index is 12.4. The van der Waals surface area contributed by atoms with Crippen LogP contribution in [-0.2, 0) is 4.74 Å². The number of carbonyl (C=O) groups is 1. The lowest BCUT2D eigenvalue weighted by molar-refractivity contribution is -0.0295. The first-order valence-corrected chi connectivity index (χ1v) is 9.50. The van der Waals surface area contributed by atoms with Crippen molar-refractivity contribution in [3.63, 3.8) is 0 Å². The van der Waals surface area contributed by atoms with Crippen molar-refractivity contribution in [3.05, 3.63) is 18.0 Å². The molecule has 0 aliphatic carbocycles. The van der Waals surface area contributed by atoms with Crippen LogP contribution in [-0.4, -0.2) is 72.6 Å². The van der Waals surface area contributed by atoms with Crippen molar-refractivity contribution in [3.8, 4) is 0 Å². The molecule has 0 radical (unpaired) electrons. The van der Waals surface area contributed by atoms with Gasteiger partial charge in [-0.3, -0.25) is 14.4 Å². The van der Waals surface area contributed by atoms with Gasteiger partial charge in [-0.2, -0.15) is 5.10 Å². The lowest BCUT2D eigenvalue weighted by Gasteiger charge is -2.33. The zero-order valence-corrected chi connectivity index (χ0v) is 16.6. The van der Waals surface area contributed by atoms with Gasteiger partial charge in [-0.05, 0) is 31.4 Å². The molecule has 1 amide bonds. The van der Waals surface area contributed by atoms with Crippen LogP contribution in [0.5, 0.6) is 0 Å². The van der Waals surface area contributed by atoms with Crippen molar-refractivity contribution in [2.75, 3.05) is 45.9 Å². The number of hydrogen-bond acceptors (Lipinski definition) is 5. The van der Waals surface area contributed by atoms with E-state index in [9.17, 15) is 4.79 Å². The summed E-state index contributed by atoms with van der Waals surface area (Å²) in [6.07, 6.45) is 4.23. The average molecular weight is 386 g/mol. The number of amides is 1. The Morgan fingerprint density at radius 2 is 2.35 bits per heavy atom. The van der Waals surface area contributed by atoms with E-state index >= 15 is 0 Å². The smallest absolute Gasteiger partial charge is 0.271 e. The van der Waals surface area contributed by atoms with Gasteiger partial charge in [0.05, 0.1) is 18.8 Å². The van der Waals surface area contributed by atoms with Crippen molar-refractivity contribution in [2.24, 2.45) is 5.92 Å². The van der Waals surface area contributed by atoms with Crippen LogP contribution in [0, 0.1) is 5.92 Å². The van der Waals surface area contributed by atoms with Crippen LogP contribution in [0.1, 0.15) is 43.2 Å². The average Bonchev–Trinajstić information content (AvgIpc) is 3.10. The molecule has 2 saturated heterocycles. The fraction of sp³-hybridized carbons (Fsp3) is 0.778. The number of piperidine rings is 1. The third-order valence-electron chi connectivity index (χ3n) is 4.82. The van der Waals surface area contributed by atoms with E-state index in [-0.39, 0.29) is 24.4 Å². The summed E-state index contributed by atoms with van der Waals surface area (Å²) in [4.78, 5) is 14.8. The van der Waals surface area contributed by atoms with Crippen LogP contribution < -0.4 is 10.6 Å². The molecule has 2 fully saturated rings. The molecule has 2 N–H and O–H groups in total. The second-order valence-electron chi connectivity index (χ2n) is 7.54. The number of carbonyl (C=O) groups excluding carboxylic acids is 1. The molecule has 3 heterocycles. The number of nitrogens with zero attached hydrogens (tertiary/aromatic N) is 3. The first-order chi connectivity index (χ1) is 12.1. The van der Waals surface area contributed by atoms with Crippen LogP contribution in [0.15, 0.2) is 12.3 Å². The highest BCUT2D eigenvalue weighted by Gasteiger charge is 2.22. The number of ether oxygens (including phenoxy) is 1. The van der Waals surface area contributed by atoms with E-state index in [4.69, 9.17) is 4.74 Å². The molecule has 3 rings (SSSR count). The molecule has 7 nitrogen and oxygen atoms in total. The predicted octanol–water partition coefficient (Wildman–Crippen LogP) is 1.32. The van der Waals surface area contributed by atoms with Crippen molar-refractivity contribution < 1.29 is 9.53 Å². The monoisotopic (exact) mass is 385 g/mol. The molecule has 1 aromatic rings. The fourth-order valence-electron chi connectivity index (χ4n) is 3.60. The molecule has 8 heteroatoms. The maximum absolute atomic E-state index is 12.4. The standard InChI is InChI=1S/C18H31N5O2.ClH/c1-14(2)12-22-8-9-25-16(13-22)11-20-18(24)17-5-7-23(21-17)15-4-3-6-19-10-15;/h5,7,14-16,19H,3-4,6,8-13H2,1-2H3,(H,20,24);1H. The second kappa shape index (κ2) is 10.3. The minimum Gasteiger partial charge on any atom is -0.374 e. The number of morpholine rings is 1. The Kier molecular flexibility index (Phi) is 8.34. The van der Waals surface area contributed by atoms with Gasteiger partial charge in [0.2, 0.25) is 0 Å². The lowest BCUT2D eigenvalue weighted by atomic mass is 10.1. The topological polar surface area (TPSA) is 71.4 Å². The van der Waals surface area contributed by atoms with E-state index in [1.54, 1.807) is 6.07 Å². The van der Waals surface area contributed by atoms with E-state index in [2.05, 4.69) is 34.5 Å². The summed E-state index contributed by atoms with van der Waals surface area (Å²) in [5.74, 6) is 0.527. The summed E-state index contributed by atoms with van der Waals surface area (Å²) in [5, 5.41) is 10.8. The largest absolute Gasteiger partial charge is 0.374 e. The van der Waals surface area contributed by atoms with Gasteiger partial charge in [0.1, 0.15) is 5.69 Å².